The van der Waals surface area contributed by atoms with E-state index in [0.29, 0.717) is 11.4 Å². The number of benzene rings is 1. The summed E-state index contributed by atoms with van der Waals surface area (Å²) in [5.74, 6) is 1.13. The molecular weight excluding hydrogens is 364 g/mol. The predicted molar refractivity (Wildman–Crippen MR) is 117 cm³/mol. The molecule has 7 heteroatoms. The molecule has 0 amide bonds. The van der Waals surface area contributed by atoms with Crippen LogP contribution in [0, 0.1) is 5.92 Å². The van der Waals surface area contributed by atoms with Crippen molar-refractivity contribution in [2.75, 3.05) is 11.9 Å². The lowest BCUT2D eigenvalue weighted by Gasteiger charge is -2.19. The van der Waals surface area contributed by atoms with Gasteiger partial charge in [0.25, 0.3) is 0 Å². The summed E-state index contributed by atoms with van der Waals surface area (Å²) in [5.41, 5.74) is 4.37. The van der Waals surface area contributed by atoms with Crippen molar-refractivity contribution in [3.8, 4) is 0 Å². The first kappa shape index (κ1) is 21.0. The van der Waals surface area contributed by atoms with Gasteiger partial charge in [-0.05, 0) is 37.8 Å². The van der Waals surface area contributed by atoms with Crippen molar-refractivity contribution >= 4 is 22.5 Å². The molecule has 3 aromatic rings. The largest absolute Gasteiger partial charge is 0.394 e. The SMILES string of the molecule is CC(C)c1[nH]nc2c(Nc3ccccc3)nc(=NC(CO)C(C)C)n(C(C)C)c12. The van der Waals surface area contributed by atoms with Crippen molar-refractivity contribution in [2.45, 2.75) is 59.5 Å². The lowest BCUT2D eigenvalue weighted by molar-refractivity contribution is 0.235. The van der Waals surface area contributed by atoms with Crippen molar-refractivity contribution in [1.82, 2.24) is 19.7 Å². The summed E-state index contributed by atoms with van der Waals surface area (Å²) in [6.45, 7) is 12.6. The van der Waals surface area contributed by atoms with Gasteiger partial charge < -0.3 is 15.0 Å². The van der Waals surface area contributed by atoms with Crippen LogP contribution in [0.2, 0.25) is 0 Å². The van der Waals surface area contributed by atoms with Gasteiger partial charge >= 0.3 is 0 Å². The normalized spacial score (nSPS) is 13.8. The molecule has 0 saturated carbocycles. The third-order valence-corrected chi connectivity index (χ3v) is 5.03. The van der Waals surface area contributed by atoms with E-state index >= 15 is 0 Å². The van der Waals surface area contributed by atoms with E-state index in [2.05, 4.69) is 61.6 Å². The Bertz CT molecular complexity index is 1020. The second-order valence-electron chi connectivity index (χ2n) is 8.33. The van der Waals surface area contributed by atoms with E-state index in [9.17, 15) is 5.11 Å². The minimum absolute atomic E-state index is 0.0145. The molecule has 3 rings (SSSR count). The van der Waals surface area contributed by atoms with E-state index < -0.39 is 0 Å². The first-order chi connectivity index (χ1) is 13.8. The molecule has 2 heterocycles. The van der Waals surface area contributed by atoms with Crippen LogP contribution in [0.4, 0.5) is 11.5 Å². The Hall–Kier alpha value is -2.67. The number of rotatable bonds is 7. The lowest BCUT2D eigenvalue weighted by atomic mass is 10.1. The highest BCUT2D eigenvalue weighted by Gasteiger charge is 2.21. The van der Waals surface area contributed by atoms with Gasteiger partial charge in [0.05, 0.1) is 23.9 Å². The number of anilines is 2. The van der Waals surface area contributed by atoms with E-state index in [0.717, 1.165) is 22.4 Å². The number of aliphatic hydroxyl groups excluding tert-OH is 1. The highest BCUT2D eigenvalue weighted by molar-refractivity contribution is 5.89. The standard InChI is InChI=1S/C22H32N6O/c1-13(2)17(12-29)24-22-25-21(23-16-10-8-7-9-11-16)19-20(28(22)15(5)6)18(14(3)4)26-27-19/h7-11,13-15,17,29H,12H2,1-6H3,(H,26,27)(H,23,24,25). The molecule has 0 bridgehead atoms. The van der Waals surface area contributed by atoms with Crippen LogP contribution in [0.5, 0.6) is 0 Å². The van der Waals surface area contributed by atoms with Crippen LogP contribution in [0.3, 0.4) is 0 Å². The molecule has 0 spiro atoms. The average Bonchev–Trinajstić information content (AvgIpc) is 3.11. The van der Waals surface area contributed by atoms with Gasteiger partial charge in [-0.1, -0.05) is 45.9 Å². The Morgan fingerprint density at radius 2 is 1.79 bits per heavy atom. The van der Waals surface area contributed by atoms with E-state index in [1.807, 2.05) is 30.3 Å². The molecule has 156 valence electrons. The van der Waals surface area contributed by atoms with Crippen molar-refractivity contribution in [3.05, 3.63) is 41.6 Å². The summed E-state index contributed by atoms with van der Waals surface area (Å²) in [5, 5.41) is 21.0. The second kappa shape index (κ2) is 8.78. The highest BCUT2D eigenvalue weighted by atomic mass is 16.3. The van der Waals surface area contributed by atoms with Crippen molar-refractivity contribution < 1.29 is 5.11 Å². The summed E-state index contributed by atoms with van der Waals surface area (Å²) in [6, 6.07) is 9.84. The second-order valence-corrected chi connectivity index (χ2v) is 8.33. The quantitative estimate of drug-likeness (QED) is 0.560. The molecule has 1 atom stereocenters. The predicted octanol–water partition coefficient (Wildman–Crippen LogP) is 4.12. The monoisotopic (exact) mass is 396 g/mol. The Labute approximate surface area is 171 Å². The van der Waals surface area contributed by atoms with Gasteiger partial charge in [-0.2, -0.15) is 10.1 Å². The van der Waals surface area contributed by atoms with E-state index in [4.69, 9.17) is 9.98 Å². The number of aliphatic hydroxyl groups is 1. The maximum Gasteiger partial charge on any atom is 0.228 e. The average molecular weight is 397 g/mol. The number of H-pyrrole nitrogens is 1. The summed E-state index contributed by atoms with van der Waals surface area (Å²) in [7, 11) is 0. The number of aromatic nitrogens is 4. The maximum absolute atomic E-state index is 9.84. The Morgan fingerprint density at radius 3 is 2.34 bits per heavy atom. The van der Waals surface area contributed by atoms with E-state index in [1.165, 1.54) is 0 Å². The molecule has 0 aliphatic carbocycles. The molecule has 2 aromatic heterocycles. The van der Waals surface area contributed by atoms with Crippen LogP contribution in [0.25, 0.3) is 11.0 Å². The fourth-order valence-corrected chi connectivity index (χ4v) is 3.34. The molecule has 0 aliphatic rings. The zero-order chi connectivity index (χ0) is 21.1. The highest BCUT2D eigenvalue weighted by Crippen LogP contribution is 2.28. The minimum Gasteiger partial charge on any atom is -0.394 e. The van der Waals surface area contributed by atoms with Gasteiger partial charge in [0, 0.05) is 11.7 Å². The smallest absolute Gasteiger partial charge is 0.228 e. The third-order valence-electron chi connectivity index (χ3n) is 5.03. The van der Waals surface area contributed by atoms with Gasteiger partial charge in [-0.25, -0.2) is 4.99 Å². The topological polar surface area (TPSA) is 91.1 Å². The summed E-state index contributed by atoms with van der Waals surface area (Å²) in [6.07, 6.45) is 0. The van der Waals surface area contributed by atoms with Crippen LogP contribution in [-0.4, -0.2) is 37.5 Å². The van der Waals surface area contributed by atoms with Gasteiger partial charge in [-0.15, -0.1) is 0 Å². The maximum atomic E-state index is 9.84. The molecule has 0 fully saturated rings. The molecule has 7 nitrogen and oxygen atoms in total. The fraction of sp³-hybridized carbons (Fsp3) is 0.500. The van der Waals surface area contributed by atoms with Gasteiger partial charge in [-0.3, -0.25) is 5.10 Å². The molecule has 3 N–H and O–H groups in total. The van der Waals surface area contributed by atoms with E-state index in [1.54, 1.807) is 0 Å². The van der Waals surface area contributed by atoms with Crippen LogP contribution in [0.1, 0.15) is 59.2 Å². The van der Waals surface area contributed by atoms with Gasteiger partial charge in [0.1, 0.15) is 0 Å². The first-order valence-corrected chi connectivity index (χ1v) is 10.3. The Kier molecular flexibility index (Phi) is 6.37. The van der Waals surface area contributed by atoms with Gasteiger partial charge in [0.15, 0.2) is 11.3 Å². The Morgan fingerprint density at radius 1 is 1.10 bits per heavy atom. The van der Waals surface area contributed by atoms with Crippen LogP contribution < -0.4 is 10.9 Å². The third kappa shape index (κ3) is 4.34. The van der Waals surface area contributed by atoms with Crippen LogP contribution in [0.15, 0.2) is 35.3 Å². The van der Waals surface area contributed by atoms with Crippen LogP contribution >= 0.6 is 0 Å². The molecule has 0 aliphatic heterocycles. The molecule has 1 aromatic carbocycles. The molecule has 29 heavy (non-hydrogen) atoms. The zero-order valence-electron chi connectivity index (χ0n) is 18.1. The van der Waals surface area contributed by atoms with Crippen molar-refractivity contribution in [1.29, 1.82) is 0 Å². The Balaban J connectivity index is 2.34. The number of hydrogen-bond donors (Lipinski definition) is 3. The first-order valence-electron chi connectivity index (χ1n) is 10.3. The van der Waals surface area contributed by atoms with E-state index in [-0.39, 0.29) is 30.5 Å². The molecule has 0 radical (unpaired) electrons. The van der Waals surface area contributed by atoms with Gasteiger partial charge in [0.2, 0.25) is 5.62 Å². The number of nitrogens with one attached hydrogen (secondary N) is 2. The minimum atomic E-state index is -0.219. The fourth-order valence-electron chi connectivity index (χ4n) is 3.34. The summed E-state index contributed by atoms with van der Waals surface area (Å²) < 4.78 is 2.12. The number of fused-ring (bicyclic) bond motifs is 1. The number of nitrogens with zero attached hydrogens (tertiary/aromatic N) is 4. The molecule has 1 unspecified atom stereocenters. The lowest BCUT2D eigenvalue weighted by Crippen LogP contribution is -2.32. The van der Waals surface area contributed by atoms with Crippen LogP contribution in [-0.2, 0) is 0 Å². The number of aromatic amines is 1. The zero-order valence-corrected chi connectivity index (χ0v) is 18.1. The molecule has 0 saturated heterocycles. The summed E-state index contributed by atoms with van der Waals surface area (Å²) >= 11 is 0. The number of hydrogen-bond acceptors (Lipinski definition) is 5. The molecular formula is C22H32N6O. The summed E-state index contributed by atoms with van der Waals surface area (Å²) in [4.78, 5) is 9.70. The van der Waals surface area contributed by atoms with Crippen molar-refractivity contribution in [2.24, 2.45) is 10.9 Å². The number of para-hydroxylation sites is 1. The van der Waals surface area contributed by atoms with Crippen molar-refractivity contribution in [3.63, 3.8) is 0 Å².